The molecule has 1 saturated carbocycles. The Labute approximate surface area is 197 Å². The summed E-state index contributed by atoms with van der Waals surface area (Å²) in [6, 6.07) is 3.30. The molecule has 0 unspecified atom stereocenters. The third-order valence-corrected chi connectivity index (χ3v) is 7.33. The number of thiophene rings is 1. The van der Waals surface area contributed by atoms with E-state index >= 15 is 0 Å². The van der Waals surface area contributed by atoms with E-state index in [-0.39, 0.29) is 11.3 Å². The highest BCUT2D eigenvalue weighted by Gasteiger charge is 2.46. The van der Waals surface area contributed by atoms with Gasteiger partial charge in [-0.2, -0.15) is 10.2 Å². The second-order valence-electron chi connectivity index (χ2n) is 8.27. The molecule has 1 aliphatic rings. The molecule has 0 spiro atoms. The summed E-state index contributed by atoms with van der Waals surface area (Å²) in [5.41, 5.74) is 9.95. The van der Waals surface area contributed by atoms with Crippen molar-refractivity contribution >= 4 is 34.4 Å². The molecule has 0 saturated heterocycles. The molecule has 0 bridgehead atoms. The number of rotatable bonds is 4. The Hall–Kier alpha value is -2.82. The van der Waals surface area contributed by atoms with Crippen molar-refractivity contribution in [1.29, 1.82) is 0 Å². The van der Waals surface area contributed by atoms with E-state index in [2.05, 4.69) is 15.5 Å². The predicted octanol–water partition coefficient (Wildman–Crippen LogP) is 4.36. The monoisotopic (exact) mass is 490 g/mol. The van der Waals surface area contributed by atoms with Gasteiger partial charge in [0.2, 0.25) is 0 Å². The SMILES string of the molecule is Cn1cc(-c2ccc3c(-c4cc(C(=O)N[C@@H]5[C@H](N)CCCC5(F)F)sc4Cl)cnn3c2)cn1. The Morgan fingerprint density at radius 1 is 1.24 bits per heavy atom. The lowest BCUT2D eigenvalue weighted by molar-refractivity contribution is -0.0674. The van der Waals surface area contributed by atoms with Crippen LogP contribution in [0.2, 0.25) is 4.34 Å². The maximum Gasteiger partial charge on any atom is 0.269 e. The van der Waals surface area contributed by atoms with Crippen molar-refractivity contribution in [2.75, 3.05) is 0 Å². The van der Waals surface area contributed by atoms with Crippen LogP contribution >= 0.6 is 22.9 Å². The highest BCUT2D eigenvalue weighted by molar-refractivity contribution is 7.18. The van der Waals surface area contributed by atoms with E-state index in [1.54, 1.807) is 27.7 Å². The second kappa shape index (κ2) is 8.19. The van der Waals surface area contributed by atoms with Crippen molar-refractivity contribution in [3.8, 4) is 22.3 Å². The average Bonchev–Trinajstić information content (AvgIpc) is 3.48. The summed E-state index contributed by atoms with van der Waals surface area (Å²) in [7, 11) is 1.85. The van der Waals surface area contributed by atoms with Gasteiger partial charge in [0.05, 0.1) is 22.8 Å². The number of pyridine rings is 1. The molecule has 0 radical (unpaired) electrons. The number of carbonyl (C=O) groups is 1. The molecule has 172 valence electrons. The molecule has 1 fully saturated rings. The van der Waals surface area contributed by atoms with Gasteiger partial charge in [-0.1, -0.05) is 17.7 Å². The van der Waals surface area contributed by atoms with Crippen molar-refractivity contribution in [3.05, 3.63) is 52.2 Å². The number of aromatic nitrogens is 4. The minimum atomic E-state index is -3.04. The number of amides is 1. The minimum absolute atomic E-state index is 0.245. The molecule has 4 aromatic rings. The topological polar surface area (TPSA) is 90.2 Å². The van der Waals surface area contributed by atoms with E-state index in [0.717, 1.165) is 33.5 Å². The highest BCUT2D eigenvalue weighted by atomic mass is 35.5. The largest absolute Gasteiger partial charge is 0.341 e. The van der Waals surface area contributed by atoms with E-state index in [1.165, 1.54) is 0 Å². The number of carbonyl (C=O) groups excluding carboxylic acids is 1. The van der Waals surface area contributed by atoms with Crippen LogP contribution in [0.1, 0.15) is 28.9 Å². The maximum atomic E-state index is 14.3. The quantitative estimate of drug-likeness (QED) is 0.444. The van der Waals surface area contributed by atoms with Crippen LogP contribution in [0.4, 0.5) is 8.78 Å². The summed E-state index contributed by atoms with van der Waals surface area (Å²) in [6.07, 6.45) is 7.74. The molecule has 4 aromatic heterocycles. The van der Waals surface area contributed by atoms with Gasteiger partial charge in [-0.15, -0.1) is 11.3 Å². The lowest BCUT2D eigenvalue weighted by Crippen LogP contribution is -2.59. The summed E-state index contributed by atoms with van der Waals surface area (Å²) >= 11 is 7.50. The maximum absolute atomic E-state index is 14.3. The normalized spacial score (nSPS) is 20.3. The van der Waals surface area contributed by atoms with Crippen LogP contribution in [0.3, 0.4) is 0 Å². The lowest BCUT2D eigenvalue weighted by atomic mass is 9.87. The van der Waals surface area contributed by atoms with Crippen molar-refractivity contribution in [2.24, 2.45) is 12.8 Å². The second-order valence-corrected chi connectivity index (χ2v) is 9.93. The number of hydrogen-bond donors (Lipinski definition) is 2. The Morgan fingerprint density at radius 2 is 2.06 bits per heavy atom. The van der Waals surface area contributed by atoms with E-state index in [0.29, 0.717) is 22.7 Å². The molecule has 7 nitrogen and oxygen atoms in total. The van der Waals surface area contributed by atoms with Gasteiger partial charge in [0.25, 0.3) is 11.8 Å². The van der Waals surface area contributed by atoms with Crippen LogP contribution in [-0.4, -0.2) is 43.3 Å². The summed E-state index contributed by atoms with van der Waals surface area (Å²) < 4.78 is 32.4. The third-order valence-electron chi connectivity index (χ3n) is 5.97. The van der Waals surface area contributed by atoms with Gasteiger partial charge in [-0.25, -0.2) is 13.3 Å². The van der Waals surface area contributed by atoms with E-state index in [9.17, 15) is 13.6 Å². The molecule has 33 heavy (non-hydrogen) atoms. The zero-order chi connectivity index (χ0) is 23.3. The first-order chi connectivity index (χ1) is 15.7. The molecule has 1 aliphatic carbocycles. The average molecular weight is 491 g/mol. The fourth-order valence-electron chi connectivity index (χ4n) is 4.23. The molecule has 0 aliphatic heterocycles. The van der Waals surface area contributed by atoms with Gasteiger partial charge < -0.3 is 11.1 Å². The molecular weight excluding hydrogens is 470 g/mol. The zero-order valence-corrected chi connectivity index (χ0v) is 19.2. The predicted molar refractivity (Wildman–Crippen MR) is 124 cm³/mol. The highest BCUT2D eigenvalue weighted by Crippen LogP contribution is 2.39. The number of nitrogens with zero attached hydrogens (tertiary/aromatic N) is 4. The van der Waals surface area contributed by atoms with Gasteiger partial charge >= 0.3 is 0 Å². The number of alkyl halides is 2. The van der Waals surface area contributed by atoms with Crippen LogP contribution in [0, 0.1) is 0 Å². The van der Waals surface area contributed by atoms with Crippen LogP contribution in [0.15, 0.2) is 43.0 Å². The third kappa shape index (κ3) is 4.03. The molecule has 0 aromatic carbocycles. The van der Waals surface area contributed by atoms with Crippen LogP contribution in [0.5, 0.6) is 0 Å². The van der Waals surface area contributed by atoms with Crippen LogP contribution in [0.25, 0.3) is 27.8 Å². The van der Waals surface area contributed by atoms with Gasteiger partial charge in [0.1, 0.15) is 10.4 Å². The molecule has 11 heteroatoms. The first-order valence-corrected chi connectivity index (χ1v) is 11.6. The molecule has 3 N–H and O–H groups in total. The summed E-state index contributed by atoms with van der Waals surface area (Å²) in [5.74, 6) is -3.64. The smallest absolute Gasteiger partial charge is 0.269 e. The summed E-state index contributed by atoms with van der Waals surface area (Å²) in [4.78, 5) is 13.0. The first-order valence-electron chi connectivity index (χ1n) is 10.4. The van der Waals surface area contributed by atoms with Gasteiger partial charge in [-0.05, 0) is 25.0 Å². The van der Waals surface area contributed by atoms with Crippen LogP contribution < -0.4 is 11.1 Å². The number of nitrogens with one attached hydrogen (secondary N) is 1. The number of hydrogen-bond acceptors (Lipinski definition) is 5. The standard InChI is InChI=1S/C22H21ClF2N6OS/c1-30-10-13(8-27-30)12-4-5-17-15(9-28-31(17)11-12)14-7-18(33-20(14)23)21(32)29-19-16(26)3-2-6-22(19,24)25/h4-5,7-11,16,19H,2-3,6,26H2,1H3,(H,29,32)/t16-,19-/m1/s1. The van der Waals surface area contributed by atoms with Gasteiger partial charge in [0, 0.05) is 54.2 Å². The molecule has 5 rings (SSSR count). The summed E-state index contributed by atoms with van der Waals surface area (Å²) in [6.45, 7) is 0. The number of halogens is 3. The van der Waals surface area contributed by atoms with Crippen molar-refractivity contribution < 1.29 is 13.6 Å². The van der Waals surface area contributed by atoms with E-state index in [1.807, 2.05) is 31.6 Å². The van der Waals surface area contributed by atoms with Crippen molar-refractivity contribution in [2.45, 2.75) is 37.3 Å². The van der Waals surface area contributed by atoms with E-state index in [4.69, 9.17) is 17.3 Å². The Morgan fingerprint density at radius 3 is 2.79 bits per heavy atom. The van der Waals surface area contributed by atoms with E-state index < -0.39 is 23.9 Å². The number of fused-ring (bicyclic) bond motifs is 1. The molecule has 2 atom stereocenters. The first kappa shape index (κ1) is 22.0. The minimum Gasteiger partial charge on any atom is -0.341 e. The van der Waals surface area contributed by atoms with Crippen molar-refractivity contribution in [3.63, 3.8) is 0 Å². The summed E-state index contributed by atoms with van der Waals surface area (Å²) in [5, 5.41) is 11.1. The number of aryl methyl sites for hydroxylation is 1. The fraction of sp³-hybridized carbons (Fsp3) is 0.318. The molecular formula is C22H21ClF2N6OS. The Bertz CT molecular complexity index is 1350. The Balaban J connectivity index is 1.43. The molecule has 1 amide bonds. The zero-order valence-electron chi connectivity index (χ0n) is 17.6. The fourth-order valence-corrected chi connectivity index (χ4v) is 5.44. The van der Waals surface area contributed by atoms with Crippen molar-refractivity contribution in [1.82, 2.24) is 24.7 Å². The van der Waals surface area contributed by atoms with Gasteiger partial charge in [0.15, 0.2) is 0 Å². The van der Waals surface area contributed by atoms with Crippen LogP contribution in [-0.2, 0) is 7.05 Å². The Kier molecular flexibility index (Phi) is 5.46. The molecule has 4 heterocycles. The lowest BCUT2D eigenvalue weighted by Gasteiger charge is -2.36. The number of nitrogens with two attached hydrogens (primary N) is 1. The van der Waals surface area contributed by atoms with Gasteiger partial charge in [-0.3, -0.25) is 9.48 Å².